The highest BCUT2D eigenvalue weighted by Gasteiger charge is 2.28. The van der Waals surface area contributed by atoms with Gasteiger partial charge in [-0.1, -0.05) is 40.8 Å². The molecule has 160 valence electrons. The number of carbonyl (C=O) groups is 1. The standard InChI is InChI=1S/C24H26IN5O/c1-3-30-20-7-5-4-6-15(20)13-22(30)23-27-19-12-16(8-9-21(19)28(23)2)24(31)29-11-10-17(25)18(26)14-29/h4-9,12-13,17-18H,3,10-11,14,26H2,1-2H3/t17-,18+/m1/s1. The first kappa shape index (κ1) is 20.5. The van der Waals surface area contributed by atoms with Crippen molar-refractivity contribution in [3.8, 4) is 11.5 Å². The van der Waals surface area contributed by atoms with E-state index in [4.69, 9.17) is 10.7 Å². The van der Waals surface area contributed by atoms with Gasteiger partial charge >= 0.3 is 0 Å². The highest BCUT2D eigenvalue weighted by molar-refractivity contribution is 14.1. The molecule has 5 rings (SSSR count). The molecule has 2 aromatic heterocycles. The predicted molar refractivity (Wildman–Crippen MR) is 134 cm³/mol. The molecule has 0 aliphatic carbocycles. The van der Waals surface area contributed by atoms with E-state index in [-0.39, 0.29) is 11.9 Å². The van der Waals surface area contributed by atoms with Gasteiger partial charge in [-0.05, 0) is 43.7 Å². The second kappa shape index (κ2) is 7.94. The molecule has 4 aromatic rings. The topological polar surface area (TPSA) is 69.1 Å². The summed E-state index contributed by atoms with van der Waals surface area (Å²) in [6, 6.07) is 16.5. The number of piperidine rings is 1. The van der Waals surface area contributed by atoms with Gasteiger partial charge in [-0.3, -0.25) is 4.79 Å². The van der Waals surface area contributed by atoms with Crippen LogP contribution in [-0.2, 0) is 13.6 Å². The number of halogens is 1. The lowest BCUT2D eigenvalue weighted by atomic mass is 10.0. The van der Waals surface area contributed by atoms with Crippen molar-refractivity contribution in [1.29, 1.82) is 0 Å². The van der Waals surface area contributed by atoms with Crippen LogP contribution in [0.5, 0.6) is 0 Å². The molecule has 0 unspecified atom stereocenters. The second-order valence-electron chi connectivity index (χ2n) is 8.25. The third-order valence-corrected chi connectivity index (χ3v) is 7.89. The van der Waals surface area contributed by atoms with E-state index in [1.54, 1.807) is 0 Å². The van der Waals surface area contributed by atoms with Crippen LogP contribution in [0.1, 0.15) is 23.7 Å². The number of alkyl halides is 1. The van der Waals surface area contributed by atoms with Crippen molar-refractivity contribution in [2.75, 3.05) is 13.1 Å². The average Bonchev–Trinajstić information content (AvgIpc) is 3.32. The molecule has 1 saturated heterocycles. The zero-order valence-corrected chi connectivity index (χ0v) is 19.9. The van der Waals surface area contributed by atoms with Gasteiger partial charge in [0.1, 0.15) is 0 Å². The maximum Gasteiger partial charge on any atom is 0.253 e. The third kappa shape index (κ3) is 3.43. The molecule has 0 saturated carbocycles. The molecule has 0 bridgehead atoms. The minimum Gasteiger partial charge on any atom is -0.338 e. The summed E-state index contributed by atoms with van der Waals surface area (Å²) in [6.07, 6.45) is 0.936. The van der Waals surface area contributed by atoms with E-state index in [1.807, 2.05) is 30.1 Å². The van der Waals surface area contributed by atoms with Gasteiger partial charge < -0.3 is 19.8 Å². The third-order valence-electron chi connectivity index (χ3n) is 6.34. The lowest BCUT2D eigenvalue weighted by molar-refractivity contribution is 0.0715. The van der Waals surface area contributed by atoms with Gasteiger partial charge in [-0.15, -0.1) is 0 Å². The lowest BCUT2D eigenvalue weighted by Gasteiger charge is -2.34. The summed E-state index contributed by atoms with van der Waals surface area (Å²) in [7, 11) is 2.04. The van der Waals surface area contributed by atoms with Gasteiger partial charge in [0, 0.05) is 53.1 Å². The molecule has 31 heavy (non-hydrogen) atoms. The number of carbonyl (C=O) groups excluding carboxylic acids is 1. The van der Waals surface area contributed by atoms with Crippen LogP contribution < -0.4 is 5.73 Å². The summed E-state index contributed by atoms with van der Waals surface area (Å²) >= 11 is 2.39. The van der Waals surface area contributed by atoms with Crippen LogP contribution in [0.4, 0.5) is 0 Å². The van der Waals surface area contributed by atoms with E-state index in [0.29, 0.717) is 16.0 Å². The zero-order valence-electron chi connectivity index (χ0n) is 17.8. The first-order valence-electron chi connectivity index (χ1n) is 10.7. The number of nitrogens with two attached hydrogens (primary N) is 1. The highest BCUT2D eigenvalue weighted by atomic mass is 127. The van der Waals surface area contributed by atoms with Gasteiger partial charge in [0.05, 0.1) is 16.7 Å². The van der Waals surface area contributed by atoms with Crippen LogP contribution in [-0.4, -0.2) is 48.0 Å². The predicted octanol–water partition coefficient (Wildman–Crippen LogP) is 4.19. The molecule has 0 spiro atoms. The van der Waals surface area contributed by atoms with Crippen molar-refractivity contribution in [2.24, 2.45) is 12.8 Å². The fraction of sp³-hybridized carbons (Fsp3) is 0.333. The quantitative estimate of drug-likeness (QED) is 0.321. The molecule has 1 amide bonds. The minimum absolute atomic E-state index is 0.0273. The normalized spacial score (nSPS) is 19.4. The molecule has 2 N–H and O–H groups in total. The first-order chi connectivity index (χ1) is 15.0. The SMILES string of the molecule is CCn1c(-c2nc3cc(C(=O)N4CC[C@@H](I)[C@@H](N)C4)ccc3n2C)cc2ccccc21. The van der Waals surface area contributed by atoms with Gasteiger partial charge in [-0.25, -0.2) is 4.98 Å². The Morgan fingerprint density at radius 3 is 2.77 bits per heavy atom. The molecule has 1 aliphatic heterocycles. The van der Waals surface area contributed by atoms with Crippen LogP contribution in [0, 0.1) is 0 Å². The van der Waals surface area contributed by atoms with Crippen molar-refractivity contribution in [3.63, 3.8) is 0 Å². The molecule has 2 aromatic carbocycles. The van der Waals surface area contributed by atoms with Crippen molar-refractivity contribution >= 4 is 50.4 Å². The molecule has 1 fully saturated rings. The highest BCUT2D eigenvalue weighted by Crippen LogP contribution is 2.30. The largest absolute Gasteiger partial charge is 0.338 e. The molecule has 3 heterocycles. The Morgan fingerprint density at radius 1 is 1.19 bits per heavy atom. The van der Waals surface area contributed by atoms with E-state index in [1.165, 1.54) is 10.9 Å². The van der Waals surface area contributed by atoms with Crippen LogP contribution >= 0.6 is 22.6 Å². The van der Waals surface area contributed by atoms with Crippen molar-refractivity contribution in [1.82, 2.24) is 19.0 Å². The summed E-state index contributed by atoms with van der Waals surface area (Å²) in [6.45, 7) is 4.37. The Kier molecular flexibility index (Phi) is 5.26. The maximum absolute atomic E-state index is 13.1. The van der Waals surface area contributed by atoms with E-state index in [9.17, 15) is 4.79 Å². The average molecular weight is 527 g/mol. The molecule has 6 nitrogen and oxygen atoms in total. The molecule has 0 radical (unpaired) electrons. The van der Waals surface area contributed by atoms with Crippen LogP contribution in [0.3, 0.4) is 0 Å². The van der Waals surface area contributed by atoms with Gasteiger partial charge in [0.25, 0.3) is 5.91 Å². The Balaban J connectivity index is 1.54. The van der Waals surface area contributed by atoms with Crippen molar-refractivity contribution in [3.05, 3.63) is 54.1 Å². The number of amides is 1. The first-order valence-corrected chi connectivity index (χ1v) is 12.0. The number of nitrogens with zero attached hydrogens (tertiary/aromatic N) is 4. The van der Waals surface area contributed by atoms with Crippen LogP contribution in [0.15, 0.2) is 48.5 Å². The monoisotopic (exact) mass is 527 g/mol. The molecule has 1 aliphatic rings. The number of hydrogen-bond donors (Lipinski definition) is 1. The zero-order chi connectivity index (χ0) is 21.7. The maximum atomic E-state index is 13.1. The summed E-state index contributed by atoms with van der Waals surface area (Å²) in [4.78, 5) is 19.9. The van der Waals surface area contributed by atoms with E-state index in [2.05, 4.69) is 69.0 Å². The Bertz CT molecular complexity index is 1290. The van der Waals surface area contributed by atoms with Gasteiger partial charge in [0.15, 0.2) is 5.82 Å². The van der Waals surface area contributed by atoms with E-state index < -0.39 is 0 Å². The fourth-order valence-corrected chi connectivity index (χ4v) is 5.12. The Morgan fingerprint density at radius 2 is 2.00 bits per heavy atom. The number of imidazole rings is 1. The number of likely N-dealkylation sites (tertiary alicyclic amines) is 1. The number of para-hydroxylation sites is 1. The fourth-order valence-electron chi connectivity index (χ4n) is 4.62. The van der Waals surface area contributed by atoms with Crippen molar-refractivity contribution < 1.29 is 4.79 Å². The Labute approximate surface area is 195 Å². The number of rotatable bonds is 3. The number of benzene rings is 2. The molecule has 7 heteroatoms. The van der Waals surface area contributed by atoms with Crippen LogP contribution in [0.25, 0.3) is 33.5 Å². The summed E-state index contributed by atoms with van der Waals surface area (Å²) in [5.74, 6) is 0.945. The molecule has 2 atom stereocenters. The summed E-state index contributed by atoms with van der Waals surface area (Å²) in [5.41, 5.74) is 11.0. The number of fused-ring (bicyclic) bond motifs is 2. The second-order valence-corrected chi connectivity index (χ2v) is 9.85. The van der Waals surface area contributed by atoms with Gasteiger partial charge in [-0.2, -0.15) is 0 Å². The number of hydrogen-bond acceptors (Lipinski definition) is 3. The van der Waals surface area contributed by atoms with E-state index in [0.717, 1.165) is 42.1 Å². The molecular formula is C24H26IN5O. The van der Waals surface area contributed by atoms with Gasteiger partial charge in [0.2, 0.25) is 0 Å². The van der Waals surface area contributed by atoms with Crippen LogP contribution in [0.2, 0.25) is 0 Å². The molecular weight excluding hydrogens is 501 g/mol. The lowest BCUT2D eigenvalue weighted by Crippen LogP contribution is -2.51. The van der Waals surface area contributed by atoms with E-state index >= 15 is 0 Å². The summed E-state index contributed by atoms with van der Waals surface area (Å²) < 4.78 is 4.83. The smallest absolute Gasteiger partial charge is 0.253 e. The minimum atomic E-state index is 0.0273. The Hall–Kier alpha value is -2.39. The number of aromatic nitrogens is 3. The van der Waals surface area contributed by atoms with Crippen molar-refractivity contribution in [2.45, 2.75) is 29.9 Å². The summed E-state index contributed by atoms with van der Waals surface area (Å²) in [5, 5.41) is 1.21. The number of aryl methyl sites for hydroxylation is 2.